The zero-order valence-corrected chi connectivity index (χ0v) is 12.8. The first-order valence-corrected chi connectivity index (χ1v) is 7.26. The maximum atomic E-state index is 11.0. The van der Waals surface area contributed by atoms with E-state index in [9.17, 15) is 10.1 Å². The molecule has 0 spiro atoms. The normalized spacial score (nSPS) is 13.6. The Morgan fingerprint density at radius 1 is 1.20 bits per heavy atom. The fraction of sp³-hybridized carbons (Fsp3) is 0.600. The highest BCUT2D eigenvalue weighted by molar-refractivity contribution is 5.63. The predicted octanol–water partition coefficient (Wildman–Crippen LogP) is 4.26. The van der Waals surface area contributed by atoms with Crippen molar-refractivity contribution in [1.29, 1.82) is 0 Å². The summed E-state index contributed by atoms with van der Waals surface area (Å²) in [4.78, 5) is 10.6. The van der Waals surface area contributed by atoms with E-state index in [0.29, 0.717) is 12.0 Å². The van der Waals surface area contributed by atoms with Gasteiger partial charge in [-0.15, -0.1) is 0 Å². The molecule has 2 N–H and O–H groups in total. The van der Waals surface area contributed by atoms with Gasteiger partial charge < -0.3 is 10.6 Å². The number of anilines is 2. The number of hydrogen-bond acceptors (Lipinski definition) is 4. The van der Waals surface area contributed by atoms with Crippen molar-refractivity contribution in [2.75, 3.05) is 17.2 Å². The first-order chi connectivity index (χ1) is 9.46. The van der Waals surface area contributed by atoms with Crippen molar-refractivity contribution >= 4 is 17.1 Å². The second-order valence-electron chi connectivity index (χ2n) is 5.35. The number of rotatable bonds is 8. The van der Waals surface area contributed by atoms with Crippen molar-refractivity contribution < 1.29 is 4.92 Å². The lowest BCUT2D eigenvalue weighted by atomic mass is 10.0. The quantitative estimate of drug-likeness (QED) is 0.551. The van der Waals surface area contributed by atoms with Crippen LogP contribution in [0.2, 0.25) is 0 Å². The molecule has 0 heterocycles. The predicted molar refractivity (Wildman–Crippen MR) is 84.4 cm³/mol. The number of benzene rings is 1. The third-order valence-corrected chi connectivity index (χ3v) is 3.38. The highest BCUT2D eigenvalue weighted by atomic mass is 16.6. The van der Waals surface area contributed by atoms with Gasteiger partial charge in [-0.2, -0.15) is 0 Å². The van der Waals surface area contributed by atoms with E-state index in [1.54, 1.807) is 12.1 Å². The number of nitrogens with zero attached hydrogens (tertiary/aromatic N) is 1. The van der Waals surface area contributed by atoms with E-state index in [1.165, 1.54) is 0 Å². The van der Waals surface area contributed by atoms with Crippen LogP contribution in [0.3, 0.4) is 0 Å². The van der Waals surface area contributed by atoms with Crippen LogP contribution in [-0.4, -0.2) is 17.5 Å². The Balaban J connectivity index is 2.84. The molecule has 1 rings (SSSR count). The largest absolute Gasteiger partial charge is 0.385 e. The van der Waals surface area contributed by atoms with Gasteiger partial charge in [-0.1, -0.05) is 20.3 Å². The number of nitro groups is 1. The molecule has 0 saturated carbocycles. The van der Waals surface area contributed by atoms with Crippen molar-refractivity contribution in [1.82, 2.24) is 0 Å². The van der Waals surface area contributed by atoms with Gasteiger partial charge in [0.1, 0.15) is 0 Å². The minimum Gasteiger partial charge on any atom is -0.385 e. The third kappa shape index (κ3) is 5.07. The number of nitro benzene ring substituents is 1. The Morgan fingerprint density at radius 3 is 2.40 bits per heavy atom. The van der Waals surface area contributed by atoms with Gasteiger partial charge in [0, 0.05) is 36.1 Å². The maximum Gasteiger partial charge on any atom is 0.273 e. The number of nitrogens with one attached hydrogen (secondary N) is 2. The number of non-ortho nitro benzene ring substituents is 1. The number of hydrogen-bond donors (Lipinski definition) is 2. The molecule has 0 aliphatic rings. The third-order valence-electron chi connectivity index (χ3n) is 3.38. The Morgan fingerprint density at radius 2 is 1.85 bits per heavy atom. The van der Waals surface area contributed by atoms with Crippen LogP contribution in [0, 0.1) is 16.0 Å². The molecular formula is C15H25N3O2. The summed E-state index contributed by atoms with van der Waals surface area (Å²) in [5.74, 6) is 0.643. The zero-order chi connectivity index (χ0) is 15.1. The highest BCUT2D eigenvalue weighted by Crippen LogP contribution is 2.25. The second kappa shape index (κ2) is 7.72. The molecule has 2 unspecified atom stereocenters. The Labute approximate surface area is 120 Å². The molecule has 0 fully saturated rings. The van der Waals surface area contributed by atoms with E-state index in [-0.39, 0.29) is 10.6 Å². The van der Waals surface area contributed by atoms with Gasteiger partial charge in [0.25, 0.3) is 5.69 Å². The van der Waals surface area contributed by atoms with Crippen LogP contribution in [-0.2, 0) is 0 Å². The maximum absolute atomic E-state index is 11.0. The summed E-state index contributed by atoms with van der Waals surface area (Å²) < 4.78 is 0. The van der Waals surface area contributed by atoms with Crippen LogP contribution in [0.15, 0.2) is 18.2 Å². The Bertz CT molecular complexity index is 449. The second-order valence-corrected chi connectivity index (χ2v) is 5.35. The van der Waals surface area contributed by atoms with Gasteiger partial charge >= 0.3 is 0 Å². The van der Waals surface area contributed by atoms with E-state index < -0.39 is 0 Å². The Kier molecular flexibility index (Phi) is 6.28. The van der Waals surface area contributed by atoms with Crippen molar-refractivity contribution in [2.24, 2.45) is 5.92 Å². The minimum absolute atomic E-state index is 0.113. The molecular weight excluding hydrogens is 254 g/mol. The van der Waals surface area contributed by atoms with Crippen molar-refractivity contribution in [3.05, 3.63) is 28.3 Å². The van der Waals surface area contributed by atoms with Crippen molar-refractivity contribution in [3.63, 3.8) is 0 Å². The molecule has 0 aliphatic heterocycles. The van der Waals surface area contributed by atoms with Gasteiger partial charge in [0.15, 0.2) is 0 Å². The smallest absolute Gasteiger partial charge is 0.273 e. The molecule has 112 valence electrons. The zero-order valence-electron chi connectivity index (χ0n) is 12.8. The lowest BCUT2D eigenvalue weighted by Crippen LogP contribution is -2.18. The summed E-state index contributed by atoms with van der Waals surface area (Å²) in [5, 5.41) is 17.5. The summed E-state index contributed by atoms with van der Waals surface area (Å²) >= 11 is 0. The topological polar surface area (TPSA) is 67.2 Å². The molecule has 2 atom stereocenters. The van der Waals surface area contributed by atoms with Crippen LogP contribution >= 0.6 is 0 Å². The standard InChI is InChI=1S/C15H25N3O2/c1-5-11(3)7-12(4)17-14-8-13(16-6-2)9-15(10-14)18(19)20/h8-12,16-17H,5-7H2,1-4H3. The fourth-order valence-electron chi connectivity index (χ4n) is 2.22. The molecule has 0 bridgehead atoms. The molecule has 0 aliphatic carbocycles. The van der Waals surface area contributed by atoms with Gasteiger partial charge in [-0.05, 0) is 32.3 Å². The van der Waals surface area contributed by atoms with Crippen LogP contribution in [0.5, 0.6) is 0 Å². The molecule has 1 aromatic carbocycles. The molecule has 5 heteroatoms. The summed E-state index contributed by atoms with van der Waals surface area (Å²) in [6.07, 6.45) is 2.19. The molecule has 0 radical (unpaired) electrons. The van der Waals surface area contributed by atoms with Gasteiger partial charge in [-0.3, -0.25) is 10.1 Å². The van der Waals surface area contributed by atoms with E-state index in [1.807, 2.05) is 13.0 Å². The van der Waals surface area contributed by atoms with Crippen molar-refractivity contribution in [2.45, 2.75) is 46.6 Å². The lowest BCUT2D eigenvalue weighted by Gasteiger charge is -2.19. The Hall–Kier alpha value is -1.78. The lowest BCUT2D eigenvalue weighted by molar-refractivity contribution is -0.384. The van der Waals surface area contributed by atoms with Crippen LogP contribution in [0.1, 0.15) is 40.5 Å². The van der Waals surface area contributed by atoms with Crippen LogP contribution < -0.4 is 10.6 Å². The van der Waals surface area contributed by atoms with E-state index in [2.05, 4.69) is 31.4 Å². The highest BCUT2D eigenvalue weighted by Gasteiger charge is 2.12. The molecule has 0 amide bonds. The van der Waals surface area contributed by atoms with Crippen molar-refractivity contribution in [3.8, 4) is 0 Å². The van der Waals surface area contributed by atoms with E-state index >= 15 is 0 Å². The molecule has 0 saturated heterocycles. The van der Waals surface area contributed by atoms with Gasteiger partial charge in [0.2, 0.25) is 0 Å². The average molecular weight is 279 g/mol. The summed E-state index contributed by atoms with van der Waals surface area (Å²) in [6, 6.07) is 5.37. The van der Waals surface area contributed by atoms with Gasteiger partial charge in [0.05, 0.1) is 4.92 Å². The minimum atomic E-state index is -0.356. The van der Waals surface area contributed by atoms with Crippen LogP contribution in [0.25, 0.3) is 0 Å². The summed E-state index contributed by atoms with van der Waals surface area (Å²) in [6.45, 7) is 9.21. The summed E-state index contributed by atoms with van der Waals surface area (Å²) in [7, 11) is 0. The molecule has 1 aromatic rings. The summed E-state index contributed by atoms with van der Waals surface area (Å²) in [5.41, 5.74) is 1.69. The van der Waals surface area contributed by atoms with E-state index in [0.717, 1.165) is 30.8 Å². The average Bonchev–Trinajstić information content (AvgIpc) is 2.38. The molecule has 5 nitrogen and oxygen atoms in total. The first kappa shape index (κ1) is 16.3. The van der Waals surface area contributed by atoms with Gasteiger partial charge in [-0.25, -0.2) is 0 Å². The first-order valence-electron chi connectivity index (χ1n) is 7.26. The molecule has 20 heavy (non-hydrogen) atoms. The fourth-order valence-corrected chi connectivity index (χ4v) is 2.22. The SMILES string of the molecule is CCNc1cc(NC(C)CC(C)CC)cc([N+](=O)[O-])c1. The van der Waals surface area contributed by atoms with Crippen LogP contribution in [0.4, 0.5) is 17.1 Å². The molecule has 0 aromatic heterocycles. The van der Waals surface area contributed by atoms with E-state index in [4.69, 9.17) is 0 Å². The monoisotopic (exact) mass is 279 g/mol.